The Morgan fingerprint density at radius 2 is 1.44 bits per heavy atom. The van der Waals surface area contributed by atoms with Gasteiger partial charge in [0.25, 0.3) is 0 Å². The normalized spacial score (nSPS) is 13.1. The molecule has 0 aliphatic carbocycles. The van der Waals surface area contributed by atoms with E-state index >= 15 is 0 Å². The molecular weight excluding hydrogens is 200 g/mol. The summed E-state index contributed by atoms with van der Waals surface area (Å²) < 4.78 is 5.83. The molecule has 0 saturated carbocycles. The Bertz CT molecular complexity index is 159. The molecule has 3 nitrogen and oxygen atoms in total. The summed E-state index contributed by atoms with van der Waals surface area (Å²) in [6, 6.07) is 0. The van der Waals surface area contributed by atoms with Gasteiger partial charge < -0.3 is 16.2 Å². The van der Waals surface area contributed by atoms with Crippen LogP contribution in [0.1, 0.15) is 53.4 Å². The molecule has 0 aromatic carbocycles. The van der Waals surface area contributed by atoms with Crippen molar-refractivity contribution in [1.82, 2.24) is 0 Å². The lowest BCUT2D eigenvalue weighted by Crippen LogP contribution is -2.28. The van der Waals surface area contributed by atoms with Gasteiger partial charge in [-0.25, -0.2) is 0 Å². The van der Waals surface area contributed by atoms with Crippen molar-refractivity contribution in [3.8, 4) is 0 Å². The third-order valence-electron chi connectivity index (χ3n) is 3.06. The summed E-state index contributed by atoms with van der Waals surface area (Å²) in [5.41, 5.74) is 11.4. The summed E-state index contributed by atoms with van der Waals surface area (Å²) in [6.07, 6.45) is 4.27. The summed E-state index contributed by atoms with van der Waals surface area (Å²) in [4.78, 5) is 0. The zero-order chi connectivity index (χ0) is 12.7. The monoisotopic (exact) mass is 230 g/mol. The van der Waals surface area contributed by atoms with Crippen molar-refractivity contribution in [2.45, 2.75) is 59.0 Å². The zero-order valence-electron chi connectivity index (χ0n) is 11.5. The second-order valence-corrected chi connectivity index (χ2v) is 5.95. The van der Waals surface area contributed by atoms with Crippen LogP contribution in [-0.2, 0) is 4.74 Å². The highest BCUT2D eigenvalue weighted by molar-refractivity contribution is 4.71. The van der Waals surface area contributed by atoms with Gasteiger partial charge >= 0.3 is 0 Å². The highest BCUT2D eigenvalue weighted by atomic mass is 16.5. The highest BCUT2D eigenvalue weighted by Gasteiger charge is 2.19. The topological polar surface area (TPSA) is 61.3 Å². The van der Waals surface area contributed by atoms with Gasteiger partial charge in [0.2, 0.25) is 0 Å². The second kappa shape index (κ2) is 7.25. The Labute approximate surface area is 101 Å². The molecule has 0 radical (unpaired) electrons. The van der Waals surface area contributed by atoms with E-state index in [0.717, 1.165) is 32.4 Å². The Balaban J connectivity index is 3.67. The van der Waals surface area contributed by atoms with Crippen molar-refractivity contribution >= 4 is 0 Å². The molecule has 0 bridgehead atoms. The summed E-state index contributed by atoms with van der Waals surface area (Å²) >= 11 is 0. The maximum Gasteiger partial charge on any atom is 0.0638 e. The number of nitrogens with two attached hydrogens (primary N) is 2. The Morgan fingerprint density at radius 3 is 1.94 bits per heavy atom. The molecule has 98 valence electrons. The molecule has 0 aromatic rings. The van der Waals surface area contributed by atoms with Crippen LogP contribution in [0.5, 0.6) is 0 Å². The average Bonchev–Trinajstić information content (AvgIpc) is 2.12. The molecular formula is C13H30N2O. The van der Waals surface area contributed by atoms with Crippen molar-refractivity contribution in [2.75, 3.05) is 19.7 Å². The minimum Gasteiger partial charge on any atom is -0.376 e. The molecule has 0 heterocycles. The van der Waals surface area contributed by atoms with Crippen LogP contribution in [0.3, 0.4) is 0 Å². The van der Waals surface area contributed by atoms with Crippen LogP contribution >= 0.6 is 0 Å². The highest BCUT2D eigenvalue weighted by Crippen LogP contribution is 2.26. The molecule has 0 unspecified atom stereocenters. The van der Waals surface area contributed by atoms with Gasteiger partial charge in [0, 0.05) is 6.61 Å². The van der Waals surface area contributed by atoms with Crippen LogP contribution in [0.25, 0.3) is 0 Å². The summed E-state index contributed by atoms with van der Waals surface area (Å²) in [5.74, 6) is 0. The first kappa shape index (κ1) is 15.9. The minimum absolute atomic E-state index is 0.0766. The summed E-state index contributed by atoms with van der Waals surface area (Å²) in [5, 5.41) is 0. The van der Waals surface area contributed by atoms with E-state index in [2.05, 4.69) is 27.7 Å². The second-order valence-electron chi connectivity index (χ2n) is 5.95. The molecule has 0 aliphatic rings. The first-order valence-corrected chi connectivity index (χ1v) is 6.37. The van der Waals surface area contributed by atoms with Gasteiger partial charge in [-0.15, -0.1) is 0 Å². The lowest BCUT2D eigenvalue weighted by Gasteiger charge is -2.27. The number of rotatable bonds is 9. The van der Waals surface area contributed by atoms with Crippen LogP contribution in [0.2, 0.25) is 0 Å². The Hall–Kier alpha value is -0.120. The van der Waals surface area contributed by atoms with Crippen LogP contribution in [-0.4, -0.2) is 25.3 Å². The minimum atomic E-state index is -0.0766. The summed E-state index contributed by atoms with van der Waals surface area (Å²) in [7, 11) is 0. The van der Waals surface area contributed by atoms with E-state index in [1.165, 1.54) is 6.42 Å². The Morgan fingerprint density at radius 1 is 0.875 bits per heavy atom. The lowest BCUT2D eigenvalue weighted by atomic mass is 9.84. The number of ether oxygens (including phenoxy) is 1. The van der Waals surface area contributed by atoms with Crippen molar-refractivity contribution in [3.63, 3.8) is 0 Å². The van der Waals surface area contributed by atoms with E-state index in [1.807, 2.05) is 0 Å². The Kier molecular flexibility index (Phi) is 7.20. The van der Waals surface area contributed by atoms with Crippen molar-refractivity contribution in [1.29, 1.82) is 0 Å². The van der Waals surface area contributed by atoms with Gasteiger partial charge in [0.1, 0.15) is 0 Å². The van der Waals surface area contributed by atoms with Crippen LogP contribution in [0.4, 0.5) is 0 Å². The van der Waals surface area contributed by atoms with Crippen molar-refractivity contribution in [3.05, 3.63) is 0 Å². The maximum atomic E-state index is 5.83. The molecule has 0 aliphatic heterocycles. The standard InChI is InChI=1S/C13H30N2O/c1-12(2,7-9-14)6-5-11-16-13(3,4)8-10-15/h5-11,14-15H2,1-4H3. The molecule has 3 heteroatoms. The van der Waals surface area contributed by atoms with Gasteiger partial charge in [0.15, 0.2) is 0 Å². The fraction of sp³-hybridized carbons (Fsp3) is 1.00. The SMILES string of the molecule is CC(C)(CCN)CCCOC(C)(C)CCN. The van der Waals surface area contributed by atoms with E-state index < -0.39 is 0 Å². The predicted molar refractivity (Wildman–Crippen MR) is 70.4 cm³/mol. The fourth-order valence-electron chi connectivity index (χ4n) is 1.83. The van der Waals surface area contributed by atoms with Gasteiger partial charge in [-0.3, -0.25) is 0 Å². The molecule has 0 aromatic heterocycles. The first-order chi connectivity index (χ1) is 7.33. The van der Waals surface area contributed by atoms with Crippen LogP contribution in [0.15, 0.2) is 0 Å². The van der Waals surface area contributed by atoms with E-state index in [1.54, 1.807) is 0 Å². The molecule has 0 amide bonds. The van der Waals surface area contributed by atoms with Gasteiger partial charge in [-0.1, -0.05) is 13.8 Å². The average molecular weight is 230 g/mol. The van der Waals surface area contributed by atoms with Crippen LogP contribution in [0, 0.1) is 5.41 Å². The molecule has 0 saturated heterocycles. The molecule has 0 rings (SSSR count). The molecule has 0 atom stereocenters. The summed E-state index contributed by atoms with van der Waals surface area (Å²) in [6.45, 7) is 11.0. The third-order valence-corrected chi connectivity index (χ3v) is 3.06. The van der Waals surface area contributed by atoms with Crippen molar-refractivity contribution in [2.24, 2.45) is 16.9 Å². The molecule has 16 heavy (non-hydrogen) atoms. The van der Waals surface area contributed by atoms with E-state index in [9.17, 15) is 0 Å². The predicted octanol–water partition coefficient (Wildman–Crippen LogP) is 2.29. The first-order valence-electron chi connectivity index (χ1n) is 6.37. The van der Waals surface area contributed by atoms with Crippen molar-refractivity contribution < 1.29 is 4.74 Å². The zero-order valence-corrected chi connectivity index (χ0v) is 11.5. The van der Waals surface area contributed by atoms with E-state index in [4.69, 9.17) is 16.2 Å². The van der Waals surface area contributed by atoms with Gasteiger partial charge in [-0.05, 0) is 58.0 Å². The number of hydrogen-bond donors (Lipinski definition) is 2. The smallest absolute Gasteiger partial charge is 0.0638 e. The maximum absolute atomic E-state index is 5.83. The van der Waals surface area contributed by atoms with Gasteiger partial charge in [0.05, 0.1) is 5.60 Å². The fourth-order valence-corrected chi connectivity index (χ4v) is 1.83. The molecule has 4 N–H and O–H groups in total. The van der Waals surface area contributed by atoms with Gasteiger partial charge in [-0.2, -0.15) is 0 Å². The largest absolute Gasteiger partial charge is 0.376 e. The van der Waals surface area contributed by atoms with E-state index in [0.29, 0.717) is 12.0 Å². The van der Waals surface area contributed by atoms with Crippen LogP contribution < -0.4 is 11.5 Å². The quantitative estimate of drug-likeness (QED) is 0.597. The third kappa shape index (κ3) is 8.08. The molecule has 0 spiro atoms. The molecule has 0 fully saturated rings. The van der Waals surface area contributed by atoms with E-state index in [-0.39, 0.29) is 5.60 Å². The number of hydrogen-bond acceptors (Lipinski definition) is 3. The lowest BCUT2D eigenvalue weighted by molar-refractivity contribution is -0.0258.